The Morgan fingerprint density at radius 2 is 1.87 bits per heavy atom. The second kappa shape index (κ2) is 11.5. The van der Waals surface area contributed by atoms with Gasteiger partial charge in [-0.05, 0) is 30.2 Å². The zero-order valence-corrected chi connectivity index (χ0v) is 17.1. The Bertz CT molecular complexity index is 931. The van der Waals surface area contributed by atoms with Crippen molar-refractivity contribution in [3.63, 3.8) is 0 Å². The van der Waals surface area contributed by atoms with Crippen LogP contribution in [0.4, 0.5) is 4.39 Å². The summed E-state index contributed by atoms with van der Waals surface area (Å²) >= 11 is 0. The van der Waals surface area contributed by atoms with Gasteiger partial charge in [0.25, 0.3) is 5.91 Å². The van der Waals surface area contributed by atoms with Gasteiger partial charge in [-0.3, -0.25) is 9.59 Å². The third kappa shape index (κ3) is 6.95. The number of rotatable bonds is 10. The molecule has 2 aromatic carbocycles. The number of carbonyl (C=O) groups is 3. The molecule has 8 heteroatoms. The summed E-state index contributed by atoms with van der Waals surface area (Å²) in [5.74, 6) is -3.26. The van der Waals surface area contributed by atoms with Crippen LogP contribution in [0.1, 0.15) is 28.8 Å². The standard InChI is InChI=1S/C23H24FNO6/c1-3-13-30-21(27)12-10-19(23(29)31-15-16-7-5-4-6-8-16)25(2)22(28)18-14-17(24)9-11-20(18)26/h3-9,11,14,19,26H,1,10,12-13,15H2,2H3/t19-/m1/s1. The highest BCUT2D eigenvalue weighted by Gasteiger charge is 2.31. The van der Waals surface area contributed by atoms with Crippen LogP contribution in [0.15, 0.2) is 61.2 Å². The molecule has 0 heterocycles. The lowest BCUT2D eigenvalue weighted by Crippen LogP contribution is -2.43. The van der Waals surface area contributed by atoms with E-state index >= 15 is 0 Å². The van der Waals surface area contributed by atoms with Crippen molar-refractivity contribution in [3.05, 3.63) is 78.1 Å². The predicted octanol–water partition coefficient (Wildman–Crippen LogP) is 3.22. The number of ether oxygens (including phenoxy) is 2. The number of phenols is 1. The van der Waals surface area contributed by atoms with Crippen molar-refractivity contribution >= 4 is 17.8 Å². The number of esters is 2. The molecule has 31 heavy (non-hydrogen) atoms. The van der Waals surface area contributed by atoms with Crippen molar-refractivity contribution in [1.29, 1.82) is 0 Å². The molecule has 0 spiro atoms. The van der Waals surface area contributed by atoms with Crippen molar-refractivity contribution in [1.82, 2.24) is 4.90 Å². The molecule has 1 amide bonds. The van der Waals surface area contributed by atoms with Crippen LogP contribution in [0.5, 0.6) is 5.75 Å². The lowest BCUT2D eigenvalue weighted by atomic mass is 10.1. The molecule has 0 radical (unpaired) electrons. The normalized spacial score (nSPS) is 11.3. The first-order valence-electron chi connectivity index (χ1n) is 9.56. The van der Waals surface area contributed by atoms with Crippen LogP contribution in [0, 0.1) is 5.82 Å². The second-order valence-corrected chi connectivity index (χ2v) is 6.70. The number of nitrogens with zero attached hydrogens (tertiary/aromatic N) is 1. The number of likely N-dealkylation sites (N-methyl/N-ethyl adjacent to an activating group) is 1. The summed E-state index contributed by atoms with van der Waals surface area (Å²) in [7, 11) is 1.32. The van der Waals surface area contributed by atoms with Crippen LogP contribution in [0.3, 0.4) is 0 Å². The van der Waals surface area contributed by atoms with Gasteiger partial charge in [0.05, 0.1) is 5.56 Å². The molecule has 0 saturated heterocycles. The molecular weight excluding hydrogens is 405 g/mol. The molecular formula is C23H24FNO6. The Morgan fingerprint density at radius 3 is 2.55 bits per heavy atom. The molecule has 0 saturated carbocycles. The summed E-state index contributed by atoms with van der Waals surface area (Å²) < 4.78 is 23.8. The number of phenolic OH excluding ortho intramolecular Hbond substituents is 1. The maximum Gasteiger partial charge on any atom is 0.329 e. The summed E-state index contributed by atoms with van der Waals surface area (Å²) in [6.07, 6.45) is 1.17. The second-order valence-electron chi connectivity index (χ2n) is 6.70. The monoisotopic (exact) mass is 429 g/mol. The topological polar surface area (TPSA) is 93.1 Å². The zero-order chi connectivity index (χ0) is 22.8. The van der Waals surface area contributed by atoms with E-state index in [9.17, 15) is 23.9 Å². The van der Waals surface area contributed by atoms with E-state index in [0.717, 1.165) is 28.7 Å². The average Bonchev–Trinajstić information content (AvgIpc) is 2.78. The number of hydrogen-bond donors (Lipinski definition) is 1. The molecule has 7 nitrogen and oxygen atoms in total. The lowest BCUT2D eigenvalue weighted by molar-refractivity contribution is -0.151. The molecule has 0 aromatic heterocycles. The van der Waals surface area contributed by atoms with Crippen LogP contribution in [0.25, 0.3) is 0 Å². The largest absolute Gasteiger partial charge is 0.507 e. The minimum atomic E-state index is -1.16. The van der Waals surface area contributed by atoms with E-state index in [1.54, 1.807) is 24.3 Å². The van der Waals surface area contributed by atoms with Crippen molar-refractivity contribution in [2.24, 2.45) is 0 Å². The van der Waals surface area contributed by atoms with Gasteiger partial charge < -0.3 is 19.5 Å². The molecule has 0 aliphatic rings. The first-order chi connectivity index (χ1) is 14.8. The Kier molecular flexibility index (Phi) is 8.75. The van der Waals surface area contributed by atoms with E-state index in [0.29, 0.717) is 0 Å². The van der Waals surface area contributed by atoms with Gasteiger partial charge in [0.2, 0.25) is 0 Å². The summed E-state index contributed by atoms with van der Waals surface area (Å²) in [6.45, 7) is 3.45. The van der Waals surface area contributed by atoms with Crippen molar-refractivity contribution in [3.8, 4) is 5.75 Å². The third-order valence-corrected chi connectivity index (χ3v) is 4.46. The molecule has 0 bridgehead atoms. The number of amides is 1. The van der Waals surface area contributed by atoms with Crippen LogP contribution < -0.4 is 0 Å². The predicted molar refractivity (Wildman–Crippen MR) is 111 cm³/mol. The van der Waals surface area contributed by atoms with E-state index in [-0.39, 0.29) is 31.6 Å². The van der Waals surface area contributed by atoms with E-state index in [4.69, 9.17) is 9.47 Å². The van der Waals surface area contributed by atoms with Gasteiger partial charge >= 0.3 is 11.9 Å². The number of halogens is 1. The van der Waals surface area contributed by atoms with Gasteiger partial charge in [0.15, 0.2) is 0 Å². The van der Waals surface area contributed by atoms with Gasteiger partial charge in [0, 0.05) is 13.5 Å². The SMILES string of the molecule is C=CCOC(=O)CC[C@H](C(=O)OCc1ccccc1)N(C)C(=O)c1cc(F)ccc1O. The molecule has 2 rings (SSSR count). The van der Waals surface area contributed by atoms with Gasteiger partial charge in [-0.1, -0.05) is 43.0 Å². The Morgan fingerprint density at radius 1 is 1.16 bits per heavy atom. The van der Waals surface area contributed by atoms with Crippen molar-refractivity contribution in [2.45, 2.75) is 25.5 Å². The highest BCUT2D eigenvalue weighted by Crippen LogP contribution is 2.22. The fraction of sp³-hybridized carbons (Fsp3) is 0.261. The zero-order valence-electron chi connectivity index (χ0n) is 17.1. The van der Waals surface area contributed by atoms with Gasteiger partial charge in [-0.15, -0.1) is 0 Å². The third-order valence-electron chi connectivity index (χ3n) is 4.46. The summed E-state index contributed by atoms with van der Waals surface area (Å²) in [5.41, 5.74) is 0.439. The van der Waals surface area contributed by atoms with Gasteiger partial charge in [-0.25, -0.2) is 9.18 Å². The maximum absolute atomic E-state index is 13.6. The van der Waals surface area contributed by atoms with Crippen LogP contribution in [-0.4, -0.2) is 47.5 Å². The molecule has 0 fully saturated rings. The first kappa shape index (κ1) is 23.6. The summed E-state index contributed by atoms with van der Waals surface area (Å²) in [5, 5.41) is 9.93. The molecule has 2 aromatic rings. The minimum absolute atomic E-state index is 0.0217. The summed E-state index contributed by atoms with van der Waals surface area (Å²) in [4.78, 5) is 38.4. The molecule has 1 atom stereocenters. The molecule has 0 aliphatic heterocycles. The molecule has 0 aliphatic carbocycles. The Balaban J connectivity index is 2.17. The van der Waals surface area contributed by atoms with Crippen LogP contribution >= 0.6 is 0 Å². The number of aromatic hydroxyl groups is 1. The van der Waals surface area contributed by atoms with Gasteiger partial charge in [0.1, 0.15) is 30.8 Å². The first-order valence-corrected chi connectivity index (χ1v) is 9.56. The molecule has 0 unspecified atom stereocenters. The van der Waals surface area contributed by atoms with E-state index in [2.05, 4.69) is 6.58 Å². The maximum atomic E-state index is 13.6. The highest BCUT2D eigenvalue weighted by atomic mass is 19.1. The van der Waals surface area contributed by atoms with Crippen molar-refractivity contribution in [2.75, 3.05) is 13.7 Å². The van der Waals surface area contributed by atoms with E-state index in [1.807, 2.05) is 6.07 Å². The van der Waals surface area contributed by atoms with E-state index in [1.165, 1.54) is 13.1 Å². The minimum Gasteiger partial charge on any atom is -0.507 e. The fourth-order valence-electron chi connectivity index (χ4n) is 2.78. The average molecular weight is 429 g/mol. The van der Waals surface area contributed by atoms with Gasteiger partial charge in [-0.2, -0.15) is 0 Å². The molecule has 1 N–H and O–H groups in total. The number of hydrogen-bond acceptors (Lipinski definition) is 6. The number of benzene rings is 2. The lowest BCUT2D eigenvalue weighted by Gasteiger charge is -2.27. The Hall–Kier alpha value is -3.68. The van der Waals surface area contributed by atoms with Crippen LogP contribution in [0.2, 0.25) is 0 Å². The quantitative estimate of drug-likeness (QED) is 0.461. The Labute approximate surface area is 179 Å². The summed E-state index contributed by atoms with van der Waals surface area (Å²) in [6, 6.07) is 10.7. The van der Waals surface area contributed by atoms with E-state index < -0.39 is 35.5 Å². The highest BCUT2D eigenvalue weighted by molar-refractivity contribution is 5.99. The van der Waals surface area contributed by atoms with Crippen LogP contribution in [-0.2, 0) is 25.7 Å². The molecule has 164 valence electrons. The smallest absolute Gasteiger partial charge is 0.329 e. The fourth-order valence-corrected chi connectivity index (χ4v) is 2.78. The number of carbonyl (C=O) groups excluding carboxylic acids is 3. The van der Waals surface area contributed by atoms with Crippen molar-refractivity contribution < 1.29 is 33.4 Å².